The summed E-state index contributed by atoms with van der Waals surface area (Å²) in [5.41, 5.74) is -1.44. The van der Waals surface area contributed by atoms with Crippen molar-refractivity contribution in [3.8, 4) is 0 Å². The fraction of sp³-hybridized carbons (Fsp3) is 0.882. The van der Waals surface area contributed by atoms with Crippen molar-refractivity contribution in [1.29, 1.82) is 0 Å². The number of carbonyl (C=O) groups is 2. The maximum absolute atomic E-state index is 12.3. The van der Waals surface area contributed by atoms with E-state index in [2.05, 4.69) is 0 Å². The second kappa shape index (κ2) is 4.05. The molecule has 5 nitrogen and oxygen atoms in total. The molecule has 1 N–H and O–H groups in total. The van der Waals surface area contributed by atoms with Gasteiger partial charge in [0.15, 0.2) is 0 Å². The van der Waals surface area contributed by atoms with Crippen LogP contribution in [0.3, 0.4) is 0 Å². The fourth-order valence-electron chi connectivity index (χ4n) is 6.67. The van der Waals surface area contributed by atoms with Crippen LogP contribution in [-0.4, -0.2) is 35.9 Å². The van der Waals surface area contributed by atoms with Gasteiger partial charge in [-0.3, -0.25) is 9.59 Å². The van der Waals surface area contributed by atoms with E-state index in [4.69, 9.17) is 9.47 Å². The third kappa shape index (κ3) is 1.35. The molecule has 0 unspecified atom stereocenters. The van der Waals surface area contributed by atoms with E-state index >= 15 is 0 Å². The van der Waals surface area contributed by atoms with Crippen LogP contribution in [0, 0.1) is 28.6 Å². The van der Waals surface area contributed by atoms with Crippen LogP contribution < -0.4 is 0 Å². The van der Waals surface area contributed by atoms with Gasteiger partial charge in [0.2, 0.25) is 0 Å². The molecule has 4 fully saturated rings. The summed E-state index contributed by atoms with van der Waals surface area (Å²) in [5.74, 6) is -0.309. The number of rotatable bonds is 1. The number of esters is 2. The van der Waals surface area contributed by atoms with Crippen molar-refractivity contribution in [3.05, 3.63) is 0 Å². The van der Waals surface area contributed by atoms with Crippen molar-refractivity contribution in [3.63, 3.8) is 0 Å². The van der Waals surface area contributed by atoms with Crippen LogP contribution in [-0.2, 0) is 19.1 Å². The molecule has 5 heteroatoms. The van der Waals surface area contributed by atoms with Crippen LogP contribution in [0.15, 0.2) is 0 Å². The molecule has 1 saturated heterocycles. The molecule has 3 aliphatic carbocycles. The molecular formula is C17H24O5. The number of hydrogen-bond acceptors (Lipinski definition) is 5. The highest BCUT2D eigenvalue weighted by molar-refractivity contribution is 5.77. The van der Waals surface area contributed by atoms with E-state index < -0.39 is 11.7 Å². The Morgan fingerprint density at radius 2 is 2.09 bits per heavy atom. The molecule has 1 heterocycles. The number of methoxy groups -OCH3 is 1. The fourth-order valence-corrected chi connectivity index (χ4v) is 6.67. The average Bonchev–Trinajstić information content (AvgIpc) is 2.99. The van der Waals surface area contributed by atoms with E-state index in [1.807, 2.05) is 13.8 Å². The summed E-state index contributed by atoms with van der Waals surface area (Å²) in [7, 11) is 1.41. The summed E-state index contributed by atoms with van der Waals surface area (Å²) in [6, 6.07) is 0. The van der Waals surface area contributed by atoms with Gasteiger partial charge in [-0.2, -0.15) is 0 Å². The summed E-state index contributed by atoms with van der Waals surface area (Å²) in [6.07, 6.45) is 2.80. The molecule has 0 aromatic carbocycles. The van der Waals surface area contributed by atoms with Crippen molar-refractivity contribution in [2.45, 2.75) is 57.7 Å². The second-order valence-corrected chi connectivity index (χ2v) is 8.39. The van der Waals surface area contributed by atoms with E-state index in [1.165, 1.54) is 7.11 Å². The minimum atomic E-state index is -0.892. The molecule has 3 saturated carbocycles. The SMILES string of the molecule is COC(=O)[C@H]1C[C@]23OC(=O)C[C@H]4CC[C@@H]1[C@]42CC(C)(C)[C@H]3O. The predicted molar refractivity (Wildman–Crippen MR) is 76.6 cm³/mol. The molecule has 0 aromatic heterocycles. The van der Waals surface area contributed by atoms with Gasteiger partial charge in [-0.1, -0.05) is 13.8 Å². The second-order valence-electron chi connectivity index (χ2n) is 8.39. The van der Waals surface area contributed by atoms with E-state index in [0.717, 1.165) is 19.3 Å². The Kier molecular flexibility index (Phi) is 2.67. The third-order valence-corrected chi connectivity index (χ3v) is 7.16. The number of ether oxygens (including phenoxy) is 2. The van der Waals surface area contributed by atoms with Crippen molar-refractivity contribution in [2.24, 2.45) is 28.6 Å². The van der Waals surface area contributed by atoms with Gasteiger partial charge < -0.3 is 14.6 Å². The Labute approximate surface area is 130 Å². The first-order valence-corrected chi connectivity index (χ1v) is 8.26. The van der Waals surface area contributed by atoms with Crippen molar-refractivity contribution in [2.75, 3.05) is 7.11 Å². The van der Waals surface area contributed by atoms with Gasteiger partial charge in [-0.05, 0) is 36.5 Å². The molecule has 0 aromatic rings. The minimum Gasteiger partial charge on any atom is -0.469 e. The Bertz CT molecular complexity index is 555. The highest BCUT2D eigenvalue weighted by atomic mass is 16.6. The molecule has 22 heavy (non-hydrogen) atoms. The lowest BCUT2D eigenvalue weighted by atomic mass is 9.63. The minimum absolute atomic E-state index is 0.162. The summed E-state index contributed by atoms with van der Waals surface area (Å²) >= 11 is 0. The zero-order valence-electron chi connectivity index (χ0n) is 13.4. The lowest BCUT2D eigenvalue weighted by molar-refractivity contribution is -0.211. The van der Waals surface area contributed by atoms with Crippen LogP contribution in [0.2, 0.25) is 0 Å². The van der Waals surface area contributed by atoms with Crippen molar-refractivity contribution < 1.29 is 24.2 Å². The largest absolute Gasteiger partial charge is 0.469 e. The summed E-state index contributed by atoms with van der Waals surface area (Å²) in [5, 5.41) is 11.0. The smallest absolute Gasteiger partial charge is 0.309 e. The van der Waals surface area contributed by atoms with Crippen molar-refractivity contribution in [1.82, 2.24) is 0 Å². The quantitative estimate of drug-likeness (QED) is 0.746. The Morgan fingerprint density at radius 1 is 1.36 bits per heavy atom. The van der Waals surface area contributed by atoms with Gasteiger partial charge in [0.1, 0.15) is 5.60 Å². The van der Waals surface area contributed by atoms with Crippen LogP contribution in [0.4, 0.5) is 0 Å². The van der Waals surface area contributed by atoms with Crippen molar-refractivity contribution >= 4 is 11.9 Å². The molecule has 4 rings (SSSR count). The Morgan fingerprint density at radius 3 is 2.77 bits per heavy atom. The number of carbonyl (C=O) groups excluding carboxylic acids is 2. The van der Waals surface area contributed by atoms with Gasteiger partial charge in [0.25, 0.3) is 0 Å². The first-order valence-electron chi connectivity index (χ1n) is 8.26. The number of hydrogen-bond donors (Lipinski definition) is 1. The normalized spacial score (nSPS) is 51.2. The Balaban J connectivity index is 1.89. The first-order chi connectivity index (χ1) is 10.3. The lowest BCUT2D eigenvalue weighted by Crippen LogP contribution is -2.58. The standard InChI is InChI=1S/C17H24O5/c1-15(2)8-16-9-4-5-11(16)10(13(19)21-3)7-17(16,14(15)20)22-12(18)6-9/h9-11,14,20H,4-8H2,1-3H3/t9-,10+,11+,14-,16+,17-/m1/s1. The van der Waals surface area contributed by atoms with Crippen LogP contribution in [0.25, 0.3) is 0 Å². The molecule has 6 atom stereocenters. The third-order valence-electron chi connectivity index (χ3n) is 7.16. The van der Waals surface area contributed by atoms with Crippen LogP contribution in [0.1, 0.15) is 46.0 Å². The maximum atomic E-state index is 12.3. The molecule has 1 aliphatic heterocycles. The molecule has 122 valence electrons. The number of aliphatic hydroxyl groups is 1. The topological polar surface area (TPSA) is 72.8 Å². The molecular weight excluding hydrogens is 284 g/mol. The number of aliphatic hydroxyl groups excluding tert-OH is 1. The van der Waals surface area contributed by atoms with Crippen LogP contribution >= 0.6 is 0 Å². The van der Waals surface area contributed by atoms with Gasteiger partial charge in [-0.25, -0.2) is 0 Å². The summed E-state index contributed by atoms with van der Waals surface area (Å²) in [4.78, 5) is 24.5. The maximum Gasteiger partial charge on any atom is 0.309 e. The monoisotopic (exact) mass is 308 g/mol. The molecule has 0 radical (unpaired) electrons. The molecule has 0 bridgehead atoms. The van der Waals surface area contributed by atoms with Gasteiger partial charge in [0, 0.05) is 18.3 Å². The summed E-state index contributed by atoms with van der Waals surface area (Å²) < 4.78 is 10.9. The lowest BCUT2D eigenvalue weighted by Gasteiger charge is -2.48. The van der Waals surface area contributed by atoms with E-state index in [9.17, 15) is 14.7 Å². The van der Waals surface area contributed by atoms with E-state index in [-0.39, 0.29) is 40.5 Å². The highest BCUT2D eigenvalue weighted by Crippen LogP contribution is 2.77. The molecule has 4 aliphatic rings. The highest BCUT2D eigenvalue weighted by Gasteiger charge is 2.81. The van der Waals surface area contributed by atoms with Gasteiger partial charge in [-0.15, -0.1) is 0 Å². The van der Waals surface area contributed by atoms with Gasteiger partial charge in [0.05, 0.1) is 19.1 Å². The van der Waals surface area contributed by atoms with E-state index in [0.29, 0.717) is 12.8 Å². The summed E-state index contributed by atoms with van der Waals surface area (Å²) in [6.45, 7) is 4.09. The zero-order valence-corrected chi connectivity index (χ0v) is 13.4. The average molecular weight is 308 g/mol. The predicted octanol–water partition coefficient (Wildman–Crippen LogP) is 1.67. The van der Waals surface area contributed by atoms with Crippen LogP contribution in [0.5, 0.6) is 0 Å². The Hall–Kier alpha value is -1.10. The van der Waals surface area contributed by atoms with Gasteiger partial charge >= 0.3 is 11.9 Å². The molecule has 0 amide bonds. The first kappa shape index (κ1) is 14.5. The molecule has 1 spiro atoms. The van der Waals surface area contributed by atoms with E-state index in [1.54, 1.807) is 0 Å². The zero-order chi connectivity index (χ0) is 15.9.